The van der Waals surface area contributed by atoms with Crippen LogP contribution in [-0.4, -0.2) is 30.0 Å². The lowest BCUT2D eigenvalue weighted by Gasteiger charge is -2.33. The Morgan fingerprint density at radius 1 is 1.38 bits per heavy atom. The molecule has 1 aliphatic heterocycles. The second kappa shape index (κ2) is 8.18. The highest BCUT2D eigenvalue weighted by Crippen LogP contribution is 2.32. The molecule has 29 heavy (non-hydrogen) atoms. The molecule has 8 heteroatoms. The van der Waals surface area contributed by atoms with Crippen LogP contribution >= 0.6 is 11.3 Å². The van der Waals surface area contributed by atoms with Gasteiger partial charge in [0.05, 0.1) is 5.69 Å². The van der Waals surface area contributed by atoms with E-state index in [4.69, 9.17) is 11.5 Å². The topological polar surface area (TPSA) is 111 Å². The Kier molecular flexibility index (Phi) is 5.46. The van der Waals surface area contributed by atoms with Crippen molar-refractivity contribution in [3.63, 3.8) is 0 Å². The first-order chi connectivity index (χ1) is 14.0. The van der Waals surface area contributed by atoms with Crippen molar-refractivity contribution in [3.8, 4) is 10.6 Å². The molecule has 3 heterocycles. The van der Waals surface area contributed by atoms with Crippen molar-refractivity contribution >= 4 is 33.6 Å². The molecule has 0 spiro atoms. The average Bonchev–Trinajstić information content (AvgIpc) is 3.10. The van der Waals surface area contributed by atoms with Gasteiger partial charge in [0.2, 0.25) is 0 Å². The number of nitrogens with one attached hydrogen (secondary N) is 2. The third kappa shape index (κ3) is 4.23. The second-order valence-corrected chi connectivity index (χ2v) is 8.38. The normalized spacial score (nSPS) is 16.6. The summed E-state index contributed by atoms with van der Waals surface area (Å²) in [6.45, 7) is 3.70. The number of rotatable bonds is 4. The van der Waals surface area contributed by atoms with E-state index in [1.54, 1.807) is 6.20 Å². The number of nitrogen functional groups attached to an aromatic ring is 1. The first-order valence-electron chi connectivity index (χ1n) is 9.66. The van der Waals surface area contributed by atoms with Gasteiger partial charge in [0.25, 0.3) is 5.91 Å². The van der Waals surface area contributed by atoms with Crippen LogP contribution in [0.4, 0.5) is 16.4 Å². The first kappa shape index (κ1) is 19.4. The molecule has 0 saturated carbocycles. The van der Waals surface area contributed by atoms with Gasteiger partial charge in [0.1, 0.15) is 15.7 Å². The molecule has 1 fully saturated rings. The van der Waals surface area contributed by atoms with Crippen LogP contribution in [0.1, 0.15) is 28.9 Å². The van der Waals surface area contributed by atoms with Gasteiger partial charge in [0.15, 0.2) is 18.1 Å². The van der Waals surface area contributed by atoms with Crippen molar-refractivity contribution in [2.45, 2.75) is 25.8 Å². The van der Waals surface area contributed by atoms with Gasteiger partial charge in [-0.2, -0.15) is 0 Å². The lowest BCUT2D eigenvalue weighted by atomic mass is 10.1. The van der Waals surface area contributed by atoms with Gasteiger partial charge in [-0.3, -0.25) is 4.79 Å². The van der Waals surface area contributed by atoms with E-state index in [0.717, 1.165) is 47.8 Å². The Hall–Kier alpha value is -2.97. The largest absolute Gasteiger partial charge is 0.389 e. The van der Waals surface area contributed by atoms with E-state index in [-0.39, 0.29) is 17.6 Å². The number of aryl methyl sites for hydroxylation is 1. The molecule has 0 radical (unpaired) electrons. The van der Waals surface area contributed by atoms with Crippen molar-refractivity contribution in [1.82, 2.24) is 4.98 Å². The number of aromatic amines is 1. The predicted molar refractivity (Wildman–Crippen MR) is 117 cm³/mol. The van der Waals surface area contributed by atoms with Crippen molar-refractivity contribution in [2.75, 3.05) is 29.0 Å². The summed E-state index contributed by atoms with van der Waals surface area (Å²) in [7, 11) is 0. The number of aromatic nitrogens is 2. The van der Waals surface area contributed by atoms with E-state index in [1.165, 1.54) is 11.3 Å². The average molecular weight is 410 g/mol. The van der Waals surface area contributed by atoms with Crippen molar-refractivity contribution in [1.29, 1.82) is 0 Å². The minimum Gasteiger partial charge on any atom is -0.389 e. The molecule has 3 aromatic rings. The highest BCUT2D eigenvalue weighted by molar-refractivity contribution is 7.19. The Balaban J connectivity index is 1.58. The Morgan fingerprint density at radius 2 is 2.24 bits per heavy atom. The van der Waals surface area contributed by atoms with Gasteiger partial charge in [-0.25, -0.2) is 9.97 Å². The molecule has 0 aliphatic carbocycles. The van der Waals surface area contributed by atoms with Crippen LogP contribution in [0.25, 0.3) is 10.6 Å². The SMILES string of the molecule is Cc1cccc(-c2nc(C(=O)Nc3c[nH+]ccc3N3CCC[C@H](N)C3)c(N)s2)c1. The smallest absolute Gasteiger partial charge is 0.277 e. The number of hydrogen-bond donors (Lipinski definition) is 3. The number of hydrogen-bond acceptors (Lipinski definition) is 6. The van der Waals surface area contributed by atoms with Crippen LogP contribution in [0.2, 0.25) is 0 Å². The summed E-state index contributed by atoms with van der Waals surface area (Å²) in [6.07, 6.45) is 5.68. The molecule has 1 aromatic carbocycles. The highest BCUT2D eigenvalue weighted by atomic mass is 32.1. The lowest BCUT2D eigenvalue weighted by Crippen LogP contribution is -2.43. The summed E-state index contributed by atoms with van der Waals surface area (Å²) in [4.78, 5) is 22.7. The van der Waals surface area contributed by atoms with Gasteiger partial charge >= 0.3 is 0 Å². The molecule has 7 nitrogen and oxygen atoms in total. The van der Waals surface area contributed by atoms with Gasteiger partial charge < -0.3 is 21.7 Å². The Labute approximate surface area is 173 Å². The maximum absolute atomic E-state index is 12.9. The van der Waals surface area contributed by atoms with Crippen LogP contribution in [0.3, 0.4) is 0 Å². The fraction of sp³-hybridized carbons (Fsp3) is 0.286. The number of amides is 1. The second-order valence-electron chi connectivity index (χ2n) is 7.35. The van der Waals surface area contributed by atoms with Crippen molar-refractivity contribution in [2.24, 2.45) is 5.73 Å². The van der Waals surface area contributed by atoms with Crippen molar-refractivity contribution in [3.05, 3.63) is 54.0 Å². The van der Waals surface area contributed by atoms with E-state index < -0.39 is 0 Å². The van der Waals surface area contributed by atoms with Gasteiger partial charge in [0, 0.05) is 30.8 Å². The Morgan fingerprint density at radius 3 is 3.03 bits per heavy atom. The fourth-order valence-corrected chi connectivity index (χ4v) is 4.43. The number of carbonyl (C=O) groups excluding carboxylic acids is 1. The molecule has 1 amide bonds. The van der Waals surface area contributed by atoms with E-state index in [0.29, 0.717) is 10.7 Å². The van der Waals surface area contributed by atoms with Crippen LogP contribution < -0.4 is 26.7 Å². The van der Waals surface area contributed by atoms with Crippen LogP contribution in [-0.2, 0) is 0 Å². The van der Waals surface area contributed by atoms with Crippen LogP contribution in [0, 0.1) is 6.92 Å². The zero-order valence-corrected chi connectivity index (χ0v) is 17.1. The zero-order chi connectivity index (χ0) is 20.4. The van der Waals surface area contributed by atoms with Gasteiger partial charge in [-0.05, 0) is 25.8 Å². The van der Waals surface area contributed by atoms with Gasteiger partial charge in [-0.15, -0.1) is 0 Å². The summed E-state index contributed by atoms with van der Waals surface area (Å²) >= 11 is 1.32. The van der Waals surface area contributed by atoms with E-state index in [1.807, 2.05) is 43.5 Å². The molecular formula is C21H25N6OS+. The summed E-state index contributed by atoms with van der Waals surface area (Å²) in [5.41, 5.74) is 16.2. The lowest BCUT2D eigenvalue weighted by molar-refractivity contribution is -0.376. The predicted octanol–water partition coefficient (Wildman–Crippen LogP) is 2.69. The summed E-state index contributed by atoms with van der Waals surface area (Å²) in [6, 6.07) is 10.1. The fourth-order valence-electron chi connectivity index (χ4n) is 3.60. The molecule has 0 unspecified atom stereocenters. The molecule has 6 N–H and O–H groups in total. The standard InChI is InChI=1S/C21H24N6OS/c1-13-4-2-5-14(10-13)21-26-18(19(23)29-21)20(28)25-16-11-24-8-7-17(16)27-9-3-6-15(22)12-27/h2,4-5,7-8,10-11,15H,3,6,9,12,22-23H2,1H3,(H,25,28)/p+1/t15-/m0/s1. The van der Waals surface area contributed by atoms with Crippen LogP contribution in [0.5, 0.6) is 0 Å². The molecule has 150 valence electrons. The number of nitrogens with zero attached hydrogens (tertiary/aromatic N) is 2. The minimum atomic E-state index is -0.320. The molecule has 1 saturated heterocycles. The first-order valence-corrected chi connectivity index (χ1v) is 10.5. The number of pyridine rings is 1. The summed E-state index contributed by atoms with van der Waals surface area (Å²) < 4.78 is 0. The number of piperidine rings is 1. The highest BCUT2D eigenvalue weighted by Gasteiger charge is 2.23. The van der Waals surface area contributed by atoms with Gasteiger partial charge in [-0.1, -0.05) is 35.1 Å². The third-order valence-electron chi connectivity index (χ3n) is 5.02. The quantitative estimate of drug-likeness (QED) is 0.613. The molecule has 0 bridgehead atoms. The molecule has 4 rings (SSSR count). The van der Waals surface area contributed by atoms with E-state index in [9.17, 15) is 4.79 Å². The number of benzene rings is 1. The summed E-state index contributed by atoms with van der Waals surface area (Å²) in [5, 5.41) is 4.11. The van der Waals surface area contributed by atoms with Crippen LogP contribution in [0.15, 0.2) is 42.7 Å². The molecular weight excluding hydrogens is 384 g/mol. The molecule has 1 atom stereocenters. The van der Waals surface area contributed by atoms with E-state index >= 15 is 0 Å². The Bertz CT molecular complexity index is 1030. The third-order valence-corrected chi connectivity index (χ3v) is 5.95. The maximum atomic E-state index is 12.9. The summed E-state index contributed by atoms with van der Waals surface area (Å²) in [5.74, 6) is -0.320. The zero-order valence-electron chi connectivity index (χ0n) is 16.3. The molecule has 2 aromatic heterocycles. The number of thiazole rings is 1. The number of carbonyl (C=O) groups is 1. The number of nitrogens with two attached hydrogens (primary N) is 2. The molecule has 1 aliphatic rings. The number of anilines is 3. The van der Waals surface area contributed by atoms with E-state index in [2.05, 4.69) is 20.2 Å². The minimum absolute atomic E-state index is 0.141. The van der Waals surface area contributed by atoms with Crippen molar-refractivity contribution < 1.29 is 9.78 Å². The maximum Gasteiger partial charge on any atom is 0.277 e. The number of H-pyrrole nitrogens is 1. The monoisotopic (exact) mass is 409 g/mol.